The first-order valence-electron chi connectivity index (χ1n) is 7.04. The number of benzene rings is 2. The van der Waals surface area contributed by atoms with Crippen LogP contribution in [0, 0.1) is 17.5 Å². The van der Waals surface area contributed by atoms with Crippen molar-refractivity contribution in [2.24, 2.45) is 0 Å². The van der Waals surface area contributed by atoms with Gasteiger partial charge in [0.25, 0.3) is 0 Å². The van der Waals surface area contributed by atoms with Gasteiger partial charge in [-0.25, -0.2) is 13.2 Å². The molecule has 2 aromatic rings. The molecule has 0 heterocycles. The lowest BCUT2D eigenvalue weighted by Gasteiger charge is -2.18. The normalized spacial score (nSPS) is 13.4. The summed E-state index contributed by atoms with van der Waals surface area (Å²) in [6, 6.07) is 9.11. The summed E-state index contributed by atoms with van der Waals surface area (Å²) in [5.74, 6) is -2.44. The Morgan fingerprint density at radius 3 is 2.26 bits per heavy atom. The first kappa shape index (κ1) is 17.4. The molecule has 23 heavy (non-hydrogen) atoms. The average Bonchev–Trinajstić information content (AvgIpc) is 2.51. The van der Waals surface area contributed by atoms with Gasteiger partial charge >= 0.3 is 0 Å². The van der Waals surface area contributed by atoms with Crippen molar-refractivity contribution in [1.82, 2.24) is 5.32 Å². The fourth-order valence-electron chi connectivity index (χ4n) is 1.97. The maximum absolute atomic E-state index is 13.2. The molecule has 0 bridgehead atoms. The molecule has 1 amide bonds. The smallest absolute Gasteiger partial charge is 0.233 e. The third-order valence-electron chi connectivity index (χ3n) is 3.30. The highest BCUT2D eigenvalue weighted by Crippen LogP contribution is 2.25. The Morgan fingerprint density at radius 1 is 1.00 bits per heavy atom. The van der Waals surface area contributed by atoms with Crippen molar-refractivity contribution >= 4 is 17.7 Å². The van der Waals surface area contributed by atoms with Crippen LogP contribution in [0.25, 0.3) is 0 Å². The number of thioether (sulfide) groups is 1. The summed E-state index contributed by atoms with van der Waals surface area (Å²) in [4.78, 5) is 12.6. The SMILES string of the molecule is C[C@H](Sc1ccc(F)c(F)c1)C(=O)N[C@H](C)c1ccc(F)cc1. The molecule has 0 radical (unpaired) electrons. The second-order valence-electron chi connectivity index (χ2n) is 5.12. The highest BCUT2D eigenvalue weighted by molar-refractivity contribution is 8.00. The first-order valence-corrected chi connectivity index (χ1v) is 7.92. The molecule has 2 nitrogen and oxygen atoms in total. The van der Waals surface area contributed by atoms with Gasteiger partial charge in [0.2, 0.25) is 5.91 Å². The number of carbonyl (C=O) groups excluding carboxylic acids is 1. The standard InChI is InChI=1S/C17H16F3NOS/c1-10(12-3-5-13(18)6-4-12)21-17(22)11(2)23-14-7-8-15(19)16(20)9-14/h3-11H,1-2H3,(H,21,22)/t10-,11+/m1/s1. The van der Waals surface area contributed by atoms with Crippen LogP contribution in [0.5, 0.6) is 0 Å². The molecule has 0 saturated heterocycles. The summed E-state index contributed by atoms with van der Waals surface area (Å²) in [6.07, 6.45) is 0. The van der Waals surface area contributed by atoms with E-state index in [9.17, 15) is 18.0 Å². The molecule has 122 valence electrons. The fourth-order valence-corrected chi connectivity index (χ4v) is 2.87. The van der Waals surface area contributed by atoms with Gasteiger partial charge in [0.05, 0.1) is 11.3 Å². The van der Waals surface area contributed by atoms with Crippen molar-refractivity contribution < 1.29 is 18.0 Å². The molecule has 2 atom stereocenters. The molecule has 0 aliphatic carbocycles. The lowest BCUT2D eigenvalue weighted by Crippen LogP contribution is -2.33. The van der Waals surface area contributed by atoms with Crippen molar-refractivity contribution in [2.45, 2.75) is 30.0 Å². The minimum Gasteiger partial charge on any atom is -0.349 e. The average molecular weight is 339 g/mol. The van der Waals surface area contributed by atoms with Crippen LogP contribution in [0.3, 0.4) is 0 Å². The second-order valence-corrected chi connectivity index (χ2v) is 6.53. The Bertz CT molecular complexity index is 691. The highest BCUT2D eigenvalue weighted by Gasteiger charge is 2.18. The van der Waals surface area contributed by atoms with Crippen molar-refractivity contribution in [3.05, 3.63) is 65.5 Å². The van der Waals surface area contributed by atoms with E-state index in [4.69, 9.17) is 0 Å². The molecule has 2 aromatic carbocycles. The van der Waals surface area contributed by atoms with Crippen LogP contribution in [-0.2, 0) is 4.79 Å². The number of rotatable bonds is 5. The van der Waals surface area contributed by atoms with E-state index in [-0.39, 0.29) is 17.8 Å². The van der Waals surface area contributed by atoms with E-state index in [1.165, 1.54) is 18.2 Å². The van der Waals surface area contributed by atoms with Crippen LogP contribution in [0.4, 0.5) is 13.2 Å². The predicted molar refractivity (Wildman–Crippen MR) is 84.6 cm³/mol. The van der Waals surface area contributed by atoms with Crippen LogP contribution in [0.1, 0.15) is 25.5 Å². The number of carbonyl (C=O) groups is 1. The number of hydrogen-bond donors (Lipinski definition) is 1. The molecule has 0 aliphatic rings. The summed E-state index contributed by atoms with van der Waals surface area (Å²) >= 11 is 1.14. The van der Waals surface area contributed by atoms with Gasteiger partial charge in [-0.1, -0.05) is 12.1 Å². The lowest BCUT2D eigenvalue weighted by atomic mass is 10.1. The van der Waals surface area contributed by atoms with Gasteiger partial charge < -0.3 is 5.32 Å². The van der Waals surface area contributed by atoms with Crippen LogP contribution in [-0.4, -0.2) is 11.2 Å². The first-order chi connectivity index (χ1) is 10.9. The van der Waals surface area contributed by atoms with E-state index in [2.05, 4.69) is 5.32 Å². The predicted octanol–water partition coefficient (Wildman–Crippen LogP) is 4.46. The minimum atomic E-state index is -0.942. The van der Waals surface area contributed by atoms with Gasteiger partial charge in [-0.2, -0.15) is 0 Å². The maximum atomic E-state index is 13.2. The Hall–Kier alpha value is -1.95. The van der Waals surface area contributed by atoms with E-state index in [0.717, 1.165) is 29.5 Å². The zero-order chi connectivity index (χ0) is 17.0. The van der Waals surface area contributed by atoms with E-state index in [1.807, 2.05) is 0 Å². The molecule has 2 rings (SSSR count). The van der Waals surface area contributed by atoms with Crippen LogP contribution in [0.2, 0.25) is 0 Å². The van der Waals surface area contributed by atoms with Crippen LogP contribution in [0.15, 0.2) is 47.4 Å². The molecule has 0 aromatic heterocycles. The summed E-state index contributed by atoms with van der Waals surface area (Å²) in [5.41, 5.74) is 0.782. The zero-order valence-corrected chi connectivity index (χ0v) is 13.5. The molecule has 0 unspecified atom stereocenters. The van der Waals surface area contributed by atoms with Gasteiger partial charge in [-0.05, 0) is 49.7 Å². The zero-order valence-electron chi connectivity index (χ0n) is 12.6. The Labute approximate surface area is 137 Å². The Morgan fingerprint density at radius 2 is 1.65 bits per heavy atom. The number of nitrogens with one attached hydrogen (secondary N) is 1. The van der Waals surface area contributed by atoms with Crippen molar-refractivity contribution in [3.63, 3.8) is 0 Å². The van der Waals surface area contributed by atoms with Gasteiger partial charge in [0.1, 0.15) is 5.82 Å². The monoisotopic (exact) mass is 339 g/mol. The summed E-state index contributed by atoms with van der Waals surface area (Å²) in [7, 11) is 0. The summed E-state index contributed by atoms with van der Waals surface area (Å²) in [5, 5.41) is 2.33. The third-order valence-corrected chi connectivity index (χ3v) is 4.40. The molecule has 6 heteroatoms. The molecule has 0 spiro atoms. The summed E-state index contributed by atoms with van der Waals surface area (Å²) < 4.78 is 39.0. The molecule has 0 aliphatic heterocycles. The van der Waals surface area contributed by atoms with Crippen LogP contribution < -0.4 is 5.32 Å². The Balaban J connectivity index is 1.96. The minimum absolute atomic E-state index is 0.239. The van der Waals surface area contributed by atoms with Crippen molar-refractivity contribution in [1.29, 1.82) is 0 Å². The van der Waals surface area contributed by atoms with E-state index in [0.29, 0.717) is 4.90 Å². The number of hydrogen-bond acceptors (Lipinski definition) is 2. The Kier molecular flexibility index (Phi) is 5.71. The fraction of sp³-hybridized carbons (Fsp3) is 0.235. The van der Waals surface area contributed by atoms with E-state index >= 15 is 0 Å². The lowest BCUT2D eigenvalue weighted by molar-refractivity contribution is -0.120. The molecular weight excluding hydrogens is 323 g/mol. The van der Waals surface area contributed by atoms with Gasteiger partial charge in [0, 0.05) is 4.90 Å². The molecule has 0 fully saturated rings. The molecule has 0 saturated carbocycles. The van der Waals surface area contributed by atoms with Gasteiger partial charge in [0.15, 0.2) is 11.6 Å². The number of halogens is 3. The van der Waals surface area contributed by atoms with Crippen molar-refractivity contribution in [2.75, 3.05) is 0 Å². The number of amides is 1. The largest absolute Gasteiger partial charge is 0.349 e. The highest BCUT2D eigenvalue weighted by atomic mass is 32.2. The molecule has 1 N–H and O–H groups in total. The third kappa shape index (κ3) is 4.76. The van der Waals surface area contributed by atoms with E-state index < -0.39 is 16.9 Å². The van der Waals surface area contributed by atoms with Gasteiger partial charge in [-0.3, -0.25) is 4.79 Å². The van der Waals surface area contributed by atoms with Crippen LogP contribution >= 0.6 is 11.8 Å². The summed E-state index contributed by atoms with van der Waals surface area (Å²) in [6.45, 7) is 3.47. The molecular formula is C17H16F3NOS. The van der Waals surface area contributed by atoms with Crippen molar-refractivity contribution in [3.8, 4) is 0 Å². The maximum Gasteiger partial charge on any atom is 0.233 e. The van der Waals surface area contributed by atoms with E-state index in [1.54, 1.807) is 26.0 Å². The topological polar surface area (TPSA) is 29.1 Å². The van der Waals surface area contributed by atoms with Gasteiger partial charge in [-0.15, -0.1) is 11.8 Å². The second kappa shape index (κ2) is 7.55. The quantitative estimate of drug-likeness (QED) is 0.815.